The van der Waals surface area contributed by atoms with Crippen molar-refractivity contribution in [1.82, 2.24) is 0 Å². The molecular weight excluding hydrogens is 256 g/mol. The van der Waals surface area contributed by atoms with Crippen molar-refractivity contribution in [2.45, 2.75) is 26.2 Å². The zero-order valence-corrected chi connectivity index (χ0v) is 12.5. The fourth-order valence-electron chi connectivity index (χ4n) is 2.31. The van der Waals surface area contributed by atoms with Gasteiger partial charge in [0, 0.05) is 31.5 Å². The van der Waals surface area contributed by atoms with Crippen LogP contribution in [-0.4, -0.2) is 25.2 Å². The summed E-state index contributed by atoms with van der Waals surface area (Å²) < 4.78 is 5.18. The van der Waals surface area contributed by atoms with Crippen LogP contribution in [0.2, 0.25) is 0 Å². The van der Waals surface area contributed by atoms with Gasteiger partial charge in [-0.1, -0.05) is 23.8 Å². The van der Waals surface area contributed by atoms with Crippen LogP contribution in [-0.2, 0) is 4.74 Å². The summed E-state index contributed by atoms with van der Waals surface area (Å²) in [4.78, 5) is 0.452. The fraction of sp³-hybridized carbons (Fsp3) is 0.533. The highest BCUT2D eigenvalue weighted by Crippen LogP contribution is 2.48. The van der Waals surface area contributed by atoms with E-state index >= 15 is 0 Å². The van der Waals surface area contributed by atoms with Crippen molar-refractivity contribution in [3.63, 3.8) is 0 Å². The molecule has 0 unspecified atom stereocenters. The number of hydrogen-bond acceptors (Lipinski definition) is 3. The van der Waals surface area contributed by atoms with Crippen LogP contribution < -0.4 is 11.1 Å². The molecule has 0 atom stereocenters. The van der Waals surface area contributed by atoms with Gasteiger partial charge in [0.15, 0.2) is 0 Å². The number of rotatable bonds is 7. The van der Waals surface area contributed by atoms with Crippen LogP contribution >= 0.6 is 12.2 Å². The Labute approximate surface area is 120 Å². The Balaban J connectivity index is 2.01. The van der Waals surface area contributed by atoms with E-state index in [0.717, 1.165) is 30.8 Å². The summed E-state index contributed by atoms with van der Waals surface area (Å²) in [6.45, 7) is 3.85. The first kappa shape index (κ1) is 14.3. The van der Waals surface area contributed by atoms with Crippen molar-refractivity contribution in [1.29, 1.82) is 0 Å². The van der Waals surface area contributed by atoms with Gasteiger partial charge >= 0.3 is 0 Å². The van der Waals surface area contributed by atoms with Gasteiger partial charge in [-0.05, 0) is 43.7 Å². The molecule has 0 heterocycles. The second kappa shape index (κ2) is 5.88. The highest BCUT2D eigenvalue weighted by atomic mass is 32.1. The minimum atomic E-state index is 0.411. The number of hydrogen-bond donors (Lipinski definition) is 2. The molecule has 4 heteroatoms. The second-order valence-electron chi connectivity index (χ2n) is 5.51. The average molecular weight is 278 g/mol. The highest BCUT2D eigenvalue weighted by molar-refractivity contribution is 7.80. The molecule has 0 amide bonds. The normalized spacial score (nSPS) is 16.1. The first-order chi connectivity index (χ1) is 9.06. The van der Waals surface area contributed by atoms with Gasteiger partial charge in [-0.3, -0.25) is 0 Å². The Kier molecular flexibility index (Phi) is 4.42. The number of benzene rings is 1. The van der Waals surface area contributed by atoms with Gasteiger partial charge in [0.2, 0.25) is 0 Å². The van der Waals surface area contributed by atoms with E-state index in [1.54, 1.807) is 7.11 Å². The number of aryl methyl sites for hydroxylation is 1. The number of methoxy groups -OCH3 is 1. The van der Waals surface area contributed by atoms with Crippen molar-refractivity contribution in [2.75, 3.05) is 25.6 Å². The summed E-state index contributed by atoms with van der Waals surface area (Å²) >= 11 is 5.12. The van der Waals surface area contributed by atoms with Gasteiger partial charge < -0.3 is 15.8 Å². The average Bonchev–Trinajstić information content (AvgIpc) is 3.15. The number of thiocarbonyl (C=S) groups is 1. The van der Waals surface area contributed by atoms with Crippen LogP contribution in [0.25, 0.3) is 0 Å². The Morgan fingerprint density at radius 2 is 2.21 bits per heavy atom. The first-order valence-corrected chi connectivity index (χ1v) is 7.10. The fourth-order valence-corrected chi connectivity index (χ4v) is 2.48. The highest BCUT2D eigenvalue weighted by Gasteiger charge is 2.41. The molecule has 0 saturated heterocycles. The van der Waals surface area contributed by atoms with Crippen LogP contribution in [0.1, 0.15) is 30.4 Å². The lowest BCUT2D eigenvalue weighted by molar-refractivity contribution is 0.175. The summed E-state index contributed by atoms with van der Waals surface area (Å²) in [6.07, 6.45) is 3.67. The standard InChI is InChI=1S/C15H22N2OS/c1-11-3-4-13(12(9-11)14(16)19)17-10-15(5-6-15)7-8-18-2/h3-4,9,17H,5-8,10H2,1-2H3,(H2,16,19). The third-order valence-electron chi connectivity index (χ3n) is 3.89. The minimum Gasteiger partial charge on any atom is -0.389 e. The molecule has 104 valence electrons. The SMILES string of the molecule is COCCC1(CNc2ccc(C)cc2C(N)=S)CC1. The molecular formula is C15H22N2OS. The summed E-state index contributed by atoms with van der Waals surface area (Å²) in [5, 5.41) is 3.51. The molecule has 19 heavy (non-hydrogen) atoms. The van der Waals surface area contributed by atoms with Crippen LogP contribution in [0.4, 0.5) is 5.69 Å². The molecule has 3 nitrogen and oxygen atoms in total. The van der Waals surface area contributed by atoms with E-state index < -0.39 is 0 Å². The molecule has 1 fully saturated rings. The molecule has 2 rings (SSSR count). The van der Waals surface area contributed by atoms with Crippen molar-refractivity contribution in [2.24, 2.45) is 11.1 Å². The Bertz CT molecular complexity index is 469. The molecule has 1 aliphatic carbocycles. The van der Waals surface area contributed by atoms with Crippen molar-refractivity contribution in [3.05, 3.63) is 29.3 Å². The van der Waals surface area contributed by atoms with Crippen molar-refractivity contribution >= 4 is 22.9 Å². The van der Waals surface area contributed by atoms with E-state index in [2.05, 4.69) is 17.4 Å². The zero-order valence-electron chi connectivity index (χ0n) is 11.7. The van der Waals surface area contributed by atoms with Crippen LogP contribution in [0.15, 0.2) is 18.2 Å². The quantitative estimate of drug-likeness (QED) is 0.753. The molecule has 1 aromatic carbocycles. The van der Waals surface area contributed by atoms with Gasteiger partial charge in [0.05, 0.1) is 0 Å². The van der Waals surface area contributed by atoms with Crippen LogP contribution in [0.5, 0.6) is 0 Å². The number of ether oxygens (including phenoxy) is 1. The maximum atomic E-state index is 5.79. The second-order valence-corrected chi connectivity index (χ2v) is 5.95. The van der Waals surface area contributed by atoms with E-state index in [4.69, 9.17) is 22.7 Å². The predicted octanol–water partition coefficient (Wildman–Crippen LogP) is 2.86. The van der Waals surface area contributed by atoms with Gasteiger partial charge in [0.25, 0.3) is 0 Å². The van der Waals surface area contributed by atoms with E-state index in [-0.39, 0.29) is 0 Å². The topological polar surface area (TPSA) is 47.3 Å². The monoisotopic (exact) mass is 278 g/mol. The lowest BCUT2D eigenvalue weighted by Crippen LogP contribution is -2.20. The maximum absolute atomic E-state index is 5.79. The third kappa shape index (κ3) is 3.67. The molecule has 1 saturated carbocycles. The minimum absolute atomic E-state index is 0.411. The van der Waals surface area contributed by atoms with Crippen LogP contribution in [0.3, 0.4) is 0 Å². The van der Waals surface area contributed by atoms with Gasteiger partial charge in [0.1, 0.15) is 4.99 Å². The largest absolute Gasteiger partial charge is 0.389 e. The van der Waals surface area contributed by atoms with Gasteiger partial charge in [-0.15, -0.1) is 0 Å². The predicted molar refractivity (Wildman–Crippen MR) is 83.7 cm³/mol. The number of nitrogens with two attached hydrogens (primary N) is 1. The van der Waals surface area contributed by atoms with E-state index in [1.165, 1.54) is 18.4 Å². The first-order valence-electron chi connectivity index (χ1n) is 6.70. The van der Waals surface area contributed by atoms with E-state index in [9.17, 15) is 0 Å². The summed E-state index contributed by atoms with van der Waals surface area (Å²) in [5.41, 5.74) is 9.36. The number of anilines is 1. The lowest BCUT2D eigenvalue weighted by Gasteiger charge is -2.18. The van der Waals surface area contributed by atoms with E-state index in [1.807, 2.05) is 13.0 Å². The molecule has 0 radical (unpaired) electrons. The molecule has 0 spiro atoms. The maximum Gasteiger partial charge on any atom is 0.106 e. The smallest absolute Gasteiger partial charge is 0.106 e. The zero-order chi connectivity index (χ0) is 13.9. The summed E-state index contributed by atoms with van der Waals surface area (Å²) in [7, 11) is 1.76. The van der Waals surface area contributed by atoms with E-state index in [0.29, 0.717) is 10.4 Å². The third-order valence-corrected chi connectivity index (χ3v) is 4.11. The Morgan fingerprint density at radius 3 is 2.79 bits per heavy atom. The Morgan fingerprint density at radius 1 is 1.47 bits per heavy atom. The summed E-state index contributed by atoms with van der Waals surface area (Å²) in [6, 6.07) is 6.19. The number of nitrogens with one attached hydrogen (secondary N) is 1. The van der Waals surface area contributed by atoms with Gasteiger partial charge in [-0.2, -0.15) is 0 Å². The Hall–Kier alpha value is -1.13. The van der Waals surface area contributed by atoms with Crippen molar-refractivity contribution in [3.8, 4) is 0 Å². The molecule has 3 N–H and O–H groups in total. The molecule has 1 aromatic rings. The van der Waals surface area contributed by atoms with Crippen LogP contribution in [0, 0.1) is 12.3 Å². The molecule has 0 aliphatic heterocycles. The lowest BCUT2D eigenvalue weighted by atomic mass is 10.0. The molecule has 0 aromatic heterocycles. The van der Waals surface area contributed by atoms with Crippen molar-refractivity contribution < 1.29 is 4.74 Å². The van der Waals surface area contributed by atoms with Gasteiger partial charge in [-0.25, -0.2) is 0 Å². The molecule has 1 aliphatic rings. The summed E-state index contributed by atoms with van der Waals surface area (Å²) in [5.74, 6) is 0. The molecule has 0 bridgehead atoms.